The lowest BCUT2D eigenvalue weighted by atomic mass is 9.86. The van der Waals surface area contributed by atoms with Crippen molar-refractivity contribution < 1.29 is 19.1 Å². The number of nitrogens with one attached hydrogen (secondary N) is 1. The number of benzene rings is 1. The Hall–Kier alpha value is -1.56. The summed E-state index contributed by atoms with van der Waals surface area (Å²) >= 11 is 3.32. The first-order valence-corrected chi connectivity index (χ1v) is 8.60. The van der Waals surface area contributed by atoms with Gasteiger partial charge in [0.2, 0.25) is 0 Å². The molecule has 2 atom stereocenters. The normalized spacial score (nSPS) is 20.7. The number of carbonyl (C=O) groups excluding carboxylic acids is 2. The summed E-state index contributed by atoms with van der Waals surface area (Å²) in [6, 6.07) is 5.07. The number of rotatable bonds is 5. The number of ether oxygens (including phenoxy) is 2. The first kappa shape index (κ1) is 17.8. The Morgan fingerprint density at radius 1 is 1.30 bits per heavy atom. The van der Waals surface area contributed by atoms with Crippen molar-refractivity contribution in [1.29, 1.82) is 0 Å². The molecule has 1 aliphatic rings. The largest absolute Gasteiger partial charge is 0.496 e. The van der Waals surface area contributed by atoms with Gasteiger partial charge in [-0.3, -0.25) is 4.79 Å². The van der Waals surface area contributed by atoms with Crippen molar-refractivity contribution in [1.82, 2.24) is 5.32 Å². The van der Waals surface area contributed by atoms with Crippen LogP contribution in [0.15, 0.2) is 22.7 Å². The summed E-state index contributed by atoms with van der Waals surface area (Å²) in [7, 11) is 1.55. The van der Waals surface area contributed by atoms with Crippen LogP contribution in [0.4, 0.5) is 0 Å². The minimum absolute atomic E-state index is 0.185. The zero-order valence-electron chi connectivity index (χ0n) is 13.4. The van der Waals surface area contributed by atoms with Crippen LogP contribution in [0.2, 0.25) is 0 Å². The fraction of sp³-hybridized carbons (Fsp3) is 0.529. The summed E-state index contributed by atoms with van der Waals surface area (Å²) in [5.41, 5.74) is 0.372. The molecule has 6 heteroatoms. The van der Waals surface area contributed by atoms with Gasteiger partial charge in [0.15, 0.2) is 6.61 Å². The van der Waals surface area contributed by atoms with E-state index in [1.165, 1.54) is 6.42 Å². The van der Waals surface area contributed by atoms with E-state index < -0.39 is 5.97 Å². The molecule has 0 unspecified atom stereocenters. The maximum Gasteiger partial charge on any atom is 0.338 e. The van der Waals surface area contributed by atoms with Crippen LogP contribution in [0.1, 0.15) is 43.0 Å². The number of hydrogen-bond acceptors (Lipinski definition) is 4. The fourth-order valence-electron chi connectivity index (χ4n) is 2.79. The van der Waals surface area contributed by atoms with Gasteiger partial charge in [-0.2, -0.15) is 0 Å². The molecule has 1 aromatic carbocycles. The summed E-state index contributed by atoms with van der Waals surface area (Å²) in [6.07, 6.45) is 4.47. The summed E-state index contributed by atoms with van der Waals surface area (Å²) < 4.78 is 10.9. The van der Waals surface area contributed by atoms with E-state index >= 15 is 0 Å². The number of hydrogen-bond donors (Lipinski definition) is 1. The highest BCUT2D eigenvalue weighted by atomic mass is 79.9. The smallest absolute Gasteiger partial charge is 0.338 e. The van der Waals surface area contributed by atoms with Crippen molar-refractivity contribution in [3.8, 4) is 5.75 Å². The predicted octanol–water partition coefficient (Wildman–Crippen LogP) is 3.31. The molecule has 126 valence electrons. The number of methoxy groups -OCH3 is 1. The van der Waals surface area contributed by atoms with Crippen molar-refractivity contribution in [2.75, 3.05) is 13.7 Å². The third kappa shape index (κ3) is 4.96. The highest BCUT2D eigenvalue weighted by Crippen LogP contribution is 2.26. The van der Waals surface area contributed by atoms with Gasteiger partial charge in [-0.15, -0.1) is 0 Å². The first-order chi connectivity index (χ1) is 11.0. The van der Waals surface area contributed by atoms with Crippen LogP contribution in [0.25, 0.3) is 0 Å². The Kier molecular flexibility index (Phi) is 6.45. The van der Waals surface area contributed by atoms with Gasteiger partial charge in [0.05, 0.1) is 17.1 Å². The van der Waals surface area contributed by atoms with Gasteiger partial charge in [-0.05, 0) is 52.9 Å². The lowest BCUT2D eigenvalue weighted by molar-refractivity contribution is -0.125. The molecule has 1 amide bonds. The molecular weight excluding hydrogens is 362 g/mol. The van der Waals surface area contributed by atoms with Crippen LogP contribution in [-0.4, -0.2) is 31.6 Å². The topological polar surface area (TPSA) is 64.6 Å². The maximum absolute atomic E-state index is 12.0. The minimum Gasteiger partial charge on any atom is -0.496 e. The zero-order chi connectivity index (χ0) is 16.8. The zero-order valence-corrected chi connectivity index (χ0v) is 15.0. The molecule has 2 rings (SSSR count). The second-order valence-electron chi connectivity index (χ2n) is 5.86. The average Bonchev–Trinajstić information content (AvgIpc) is 2.54. The molecule has 5 nitrogen and oxygen atoms in total. The van der Waals surface area contributed by atoms with E-state index in [-0.39, 0.29) is 18.6 Å². The molecule has 23 heavy (non-hydrogen) atoms. The Bertz CT molecular complexity index is 576. The molecule has 0 radical (unpaired) electrons. The van der Waals surface area contributed by atoms with Crippen molar-refractivity contribution in [2.45, 2.75) is 38.6 Å². The van der Waals surface area contributed by atoms with Gasteiger partial charge in [0.25, 0.3) is 5.91 Å². The van der Waals surface area contributed by atoms with Crippen molar-refractivity contribution in [3.63, 3.8) is 0 Å². The molecule has 0 spiro atoms. The molecule has 1 aromatic rings. The van der Waals surface area contributed by atoms with Gasteiger partial charge < -0.3 is 14.8 Å². The van der Waals surface area contributed by atoms with Crippen molar-refractivity contribution in [3.05, 3.63) is 28.2 Å². The lowest BCUT2D eigenvalue weighted by Crippen LogP contribution is -2.42. The number of amides is 1. The van der Waals surface area contributed by atoms with E-state index in [1.54, 1.807) is 25.3 Å². The Morgan fingerprint density at radius 3 is 2.70 bits per heavy atom. The minimum atomic E-state index is -0.528. The van der Waals surface area contributed by atoms with E-state index in [1.807, 2.05) is 0 Å². The summed E-state index contributed by atoms with van der Waals surface area (Å²) in [4.78, 5) is 23.9. The average molecular weight is 384 g/mol. The monoisotopic (exact) mass is 383 g/mol. The molecule has 0 aliphatic heterocycles. The number of carbonyl (C=O) groups is 2. The first-order valence-electron chi connectivity index (χ1n) is 7.81. The van der Waals surface area contributed by atoms with Crippen LogP contribution in [0.3, 0.4) is 0 Å². The molecule has 0 saturated heterocycles. The summed E-state index contributed by atoms with van der Waals surface area (Å²) in [6.45, 7) is 1.89. The van der Waals surface area contributed by atoms with Crippen LogP contribution in [-0.2, 0) is 9.53 Å². The van der Waals surface area contributed by atoms with Crippen LogP contribution in [0.5, 0.6) is 5.75 Å². The quantitative estimate of drug-likeness (QED) is 0.792. The molecule has 1 saturated carbocycles. The fourth-order valence-corrected chi connectivity index (χ4v) is 3.33. The lowest BCUT2D eigenvalue weighted by Gasteiger charge is -2.29. The van der Waals surface area contributed by atoms with E-state index in [9.17, 15) is 9.59 Å². The SMILES string of the molecule is COc1ccc(C(=O)OCC(=O)N[C@H]2CCCC[C@@H]2C)cc1Br. The maximum atomic E-state index is 12.0. The van der Waals surface area contributed by atoms with Gasteiger partial charge in [-0.1, -0.05) is 19.8 Å². The second-order valence-corrected chi connectivity index (χ2v) is 6.72. The number of halogens is 1. The number of esters is 1. The van der Waals surface area contributed by atoms with E-state index in [0.29, 0.717) is 21.7 Å². The molecule has 0 aromatic heterocycles. The van der Waals surface area contributed by atoms with Crippen LogP contribution in [0, 0.1) is 5.92 Å². The molecule has 0 bridgehead atoms. The van der Waals surface area contributed by atoms with Gasteiger partial charge >= 0.3 is 5.97 Å². The van der Waals surface area contributed by atoms with Crippen molar-refractivity contribution >= 4 is 27.8 Å². The highest BCUT2D eigenvalue weighted by Gasteiger charge is 2.23. The Balaban J connectivity index is 1.83. The van der Waals surface area contributed by atoms with E-state index in [4.69, 9.17) is 9.47 Å². The van der Waals surface area contributed by atoms with Gasteiger partial charge in [-0.25, -0.2) is 4.79 Å². The van der Waals surface area contributed by atoms with Gasteiger partial charge in [0, 0.05) is 6.04 Å². The molecule has 1 N–H and O–H groups in total. The molecule has 0 heterocycles. The predicted molar refractivity (Wildman–Crippen MR) is 90.5 cm³/mol. The Labute approximate surface area is 144 Å². The van der Waals surface area contributed by atoms with Crippen LogP contribution < -0.4 is 10.1 Å². The Morgan fingerprint density at radius 2 is 2.04 bits per heavy atom. The van der Waals surface area contributed by atoms with Gasteiger partial charge in [0.1, 0.15) is 5.75 Å². The molecule has 1 aliphatic carbocycles. The second kappa shape index (κ2) is 8.34. The van der Waals surface area contributed by atoms with E-state index in [2.05, 4.69) is 28.2 Å². The van der Waals surface area contributed by atoms with Crippen LogP contribution >= 0.6 is 15.9 Å². The molecular formula is C17H22BrNO4. The standard InChI is InChI=1S/C17H22BrNO4/c1-11-5-3-4-6-14(11)19-16(20)10-23-17(21)12-7-8-15(22-2)13(18)9-12/h7-9,11,14H,3-6,10H2,1-2H3,(H,19,20)/t11-,14-/m0/s1. The third-order valence-corrected chi connectivity index (χ3v) is 4.80. The molecule has 1 fully saturated rings. The third-order valence-electron chi connectivity index (χ3n) is 4.18. The highest BCUT2D eigenvalue weighted by molar-refractivity contribution is 9.10. The summed E-state index contributed by atoms with van der Waals surface area (Å²) in [5.74, 6) is 0.330. The summed E-state index contributed by atoms with van der Waals surface area (Å²) in [5, 5.41) is 2.96. The van der Waals surface area contributed by atoms with Crippen molar-refractivity contribution in [2.24, 2.45) is 5.92 Å². The van der Waals surface area contributed by atoms with E-state index in [0.717, 1.165) is 19.3 Å².